The van der Waals surface area contributed by atoms with Crippen LogP contribution in [0.15, 0.2) is 22.2 Å². The van der Waals surface area contributed by atoms with Gasteiger partial charge in [-0.15, -0.1) is 11.3 Å². The van der Waals surface area contributed by atoms with E-state index in [-0.39, 0.29) is 18.1 Å². The Kier molecular flexibility index (Phi) is 4.51. The van der Waals surface area contributed by atoms with Crippen LogP contribution in [0, 0.1) is 6.92 Å². The molecule has 0 saturated carbocycles. The number of rotatable bonds is 4. The lowest BCUT2D eigenvalue weighted by atomic mass is 10.2. The first kappa shape index (κ1) is 15.1. The Balaban J connectivity index is 1.61. The Bertz CT molecular complexity index is 628. The molecule has 0 bridgehead atoms. The number of anilines is 1. The number of thiazole rings is 1. The monoisotopic (exact) mass is 322 g/mol. The zero-order valence-electron chi connectivity index (χ0n) is 12.5. The lowest BCUT2D eigenvalue weighted by Crippen LogP contribution is -2.48. The van der Waals surface area contributed by atoms with Gasteiger partial charge < -0.3 is 9.26 Å². The van der Waals surface area contributed by atoms with Gasteiger partial charge in [-0.3, -0.25) is 15.0 Å². The molecule has 1 fully saturated rings. The molecule has 0 unspecified atom stereocenters. The molecule has 7 nitrogen and oxygen atoms in total. The quantitative estimate of drug-likeness (QED) is 0.925. The van der Waals surface area contributed by atoms with Gasteiger partial charge in [0.1, 0.15) is 11.1 Å². The number of aryl methyl sites for hydroxylation is 1. The molecule has 0 aliphatic carbocycles. The third-order valence-corrected chi connectivity index (χ3v) is 4.49. The van der Waals surface area contributed by atoms with Crippen molar-refractivity contribution < 1.29 is 14.1 Å². The number of nitrogens with one attached hydrogen (secondary N) is 1. The summed E-state index contributed by atoms with van der Waals surface area (Å²) in [5, 5.41) is 9.38. The number of carbonyl (C=O) groups is 1. The topological polar surface area (TPSA) is 80.5 Å². The molecule has 0 radical (unpaired) electrons. The third-order valence-electron chi connectivity index (χ3n) is 3.63. The average molecular weight is 322 g/mol. The van der Waals surface area contributed by atoms with E-state index in [2.05, 4.69) is 20.4 Å². The van der Waals surface area contributed by atoms with Crippen molar-refractivity contribution in [1.82, 2.24) is 15.0 Å². The lowest BCUT2D eigenvalue weighted by Gasteiger charge is -2.35. The average Bonchev–Trinajstić information content (AvgIpc) is 3.18. The molecular weight excluding hydrogens is 304 g/mol. The smallest absolute Gasteiger partial charge is 0.243 e. The highest BCUT2D eigenvalue weighted by Gasteiger charge is 2.30. The number of ether oxygens (including phenoxy) is 1. The highest BCUT2D eigenvalue weighted by Crippen LogP contribution is 2.25. The number of morpholine rings is 1. The second-order valence-electron chi connectivity index (χ2n) is 5.22. The number of amides is 1. The number of aromatic nitrogens is 2. The van der Waals surface area contributed by atoms with Crippen LogP contribution in [0.25, 0.3) is 0 Å². The molecule has 8 heteroatoms. The maximum absolute atomic E-state index is 12.3. The molecule has 22 heavy (non-hydrogen) atoms. The van der Waals surface area contributed by atoms with Gasteiger partial charge in [0, 0.05) is 30.7 Å². The Morgan fingerprint density at radius 3 is 3.14 bits per heavy atom. The summed E-state index contributed by atoms with van der Waals surface area (Å²) < 4.78 is 10.8. The van der Waals surface area contributed by atoms with Gasteiger partial charge >= 0.3 is 0 Å². The molecule has 2 aromatic heterocycles. The third kappa shape index (κ3) is 3.34. The summed E-state index contributed by atoms with van der Waals surface area (Å²) >= 11 is 1.57. The van der Waals surface area contributed by atoms with Crippen molar-refractivity contribution in [2.45, 2.75) is 26.0 Å². The van der Waals surface area contributed by atoms with Gasteiger partial charge in [-0.2, -0.15) is 0 Å². The summed E-state index contributed by atoms with van der Waals surface area (Å²) in [4.78, 5) is 18.7. The lowest BCUT2D eigenvalue weighted by molar-refractivity contribution is -0.124. The van der Waals surface area contributed by atoms with Gasteiger partial charge in [-0.1, -0.05) is 5.16 Å². The summed E-state index contributed by atoms with van der Waals surface area (Å²) in [5.74, 6) is 0.259. The first-order valence-electron chi connectivity index (χ1n) is 7.12. The minimum absolute atomic E-state index is 0.0727. The number of hydrogen-bond donors (Lipinski definition) is 1. The Labute approximate surface area is 132 Å². The van der Waals surface area contributed by atoms with Crippen LogP contribution in [0.3, 0.4) is 0 Å². The SMILES string of the molecule is Cc1cc(NC(=O)[C@@H](C)N2CCO[C@@H](c3nccs3)C2)on1. The summed E-state index contributed by atoms with van der Waals surface area (Å²) in [7, 11) is 0. The zero-order chi connectivity index (χ0) is 15.5. The van der Waals surface area contributed by atoms with Gasteiger partial charge in [0.05, 0.1) is 18.3 Å². The van der Waals surface area contributed by atoms with Crippen molar-refractivity contribution in [3.63, 3.8) is 0 Å². The van der Waals surface area contributed by atoms with Crippen LogP contribution in [0.5, 0.6) is 0 Å². The molecule has 1 saturated heterocycles. The Hall–Kier alpha value is -1.77. The van der Waals surface area contributed by atoms with E-state index < -0.39 is 0 Å². The van der Waals surface area contributed by atoms with Gasteiger partial charge in [0.15, 0.2) is 0 Å². The van der Waals surface area contributed by atoms with Crippen molar-refractivity contribution in [1.29, 1.82) is 0 Å². The van der Waals surface area contributed by atoms with Crippen molar-refractivity contribution >= 4 is 23.1 Å². The van der Waals surface area contributed by atoms with Crippen LogP contribution in [0.2, 0.25) is 0 Å². The summed E-state index contributed by atoms with van der Waals surface area (Å²) in [5.41, 5.74) is 0.734. The van der Waals surface area contributed by atoms with Gasteiger partial charge in [0.2, 0.25) is 11.8 Å². The molecule has 1 aliphatic heterocycles. The second-order valence-corrected chi connectivity index (χ2v) is 6.15. The van der Waals surface area contributed by atoms with E-state index in [1.54, 1.807) is 23.6 Å². The van der Waals surface area contributed by atoms with Crippen LogP contribution in [0.4, 0.5) is 5.88 Å². The minimum Gasteiger partial charge on any atom is -0.368 e. The highest BCUT2D eigenvalue weighted by molar-refractivity contribution is 7.09. The van der Waals surface area contributed by atoms with Gasteiger partial charge in [-0.05, 0) is 13.8 Å². The normalized spacial score (nSPS) is 20.7. The van der Waals surface area contributed by atoms with E-state index in [1.165, 1.54) is 0 Å². The van der Waals surface area contributed by atoms with E-state index in [0.29, 0.717) is 25.6 Å². The molecule has 118 valence electrons. The van der Waals surface area contributed by atoms with Gasteiger partial charge in [-0.25, -0.2) is 4.98 Å². The molecule has 1 amide bonds. The van der Waals surface area contributed by atoms with Crippen molar-refractivity contribution in [3.8, 4) is 0 Å². The highest BCUT2D eigenvalue weighted by atomic mass is 32.1. The molecule has 1 N–H and O–H groups in total. The summed E-state index contributed by atoms with van der Waals surface area (Å²) in [6.07, 6.45) is 1.70. The zero-order valence-corrected chi connectivity index (χ0v) is 13.3. The van der Waals surface area contributed by atoms with Crippen molar-refractivity contribution in [2.75, 3.05) is 25.0 Å². The summed E-state index contributed by atoms with van der Waals surface area (Å²) in [6.45, 7) is 5.64. The molecule has 0 aromatic carbocycles. The fraction of sp³-hybridized carbons (Fsp3) is 0.500. The first-order chi connectivity index (χ1) is 10.6. The Morgan fingerprint density at radius 1 is 1.59 bits per heavy atom. The van der Waals surface area contributed by atoms with Crippen LogP contribution in [-0.2, 0) is 9.53 Å². The molecule has 2 aromatic rings. The predicted octanol–water partition coefficient (Wildman–Crippen LogP) is 1.84. The largest absolute Gasteiger partial charge is 0.368 e. The standard InChI is InChI=1S/C14H18N4O3S/c1-9-7-12(21-17-9)16-13(19)10(2)18-4-5-20-11(8-18)14-15-3-6-22-14/h3,6-7,10-11H,4-5,8H2,1-2H3,(H,16,19)/t10-,11-/m1/s1. The van der Waals surface area contributed by atoms with Crippen molar-refractivity contribution in [3.05, 3.63) is 28.3 Å². The van der Waals surface area contributed by atoms with E-state index >= 15 is 0 Å². The Morgan fingerprint density at radius 2 is 2.45 bits per heavy atom. The molecule has 3 heterocycles. The fourth-order valence-electron chi connectivity index (χ4n) is 2.38. The predicted molar refractivity (Wildman–Crippen MR) is 81.7 cm³/mol. The molecule has 0 spiro atoms. The van der Waals surface area contributed by atoms with Gasteiger partial charge in [0.25, 0.3) is 0 Å². The number of nitrogens with zero attached hydrogens (tertiary/aromatic N) is 3. The maximum Gasteiger partial charge on any atom is 0.243 e. The molecule has 3 rings (SSSR count). The minimum atomic E-state index is -0.281. The fourth-order valence-corrected chi connectivity index (χ4v) is 3.06. The van der Waals surface area contributed by atoms with Crippen molar-refractivity contribution in [2.24, 2.45) is 0 Å². The number of hydrogen-bond acceptors (Lipinski definition) is 7. The van der Waals surface area contributed by atoms with Crippen LogP contribution in [-0.4, -0.2) is 46.7 Å². The van der Waals surface area contributed by atoms with E-state index in [0.717, 1.165) is 10.7 Å². The summed E-state index contributed by atoms with van der Waals surface area (Å²) in [6, 6.07) is 1.42. The van der Waals surface area contributed by atoms with Crippen LogP contribution in [0.1, 0.15) is 23.7 Å². The number of carbonyl (C=O) groups excluding carboxylic acids is 1. The molecule has 1 aliphatic rings. The second kappa shape index (κ2) is 6.55. The first-order valence-corrected chi connectivity index (χ1v) is 8.00. The molecule has 2 atom stereocenters. The van der Waals surface area contributed by atoms with Crippen LogP contribution < -0.4 is 5.32 Å². The van der Waals surface area contributed by atoms with E-state index in [9.17, 15) is 4.79 Å². The van der Waals surface area contributed by atoms with Crippen LogP contribution >= 0.6 is 11.3 Å². The maximum atomic E-state index is 12.3. The molecular formula is C14H18N4O3S. The van der Waals surface area contributed by atoms with E-state index in [4.69, 9.17) is 9.26 Å². The van der Waals surface area contributed by atoms with E-state index in [1.807, 2.05) is 19.2 Å².